The molecule has 0 saturated carbocycles. The standard InChI is InChI=1S/C15H17NO/c1-2-12-4-3-5-15(10-12)17-11-13-6-8-14(16)9-7-13/h3-10H,2,11,16H2,1H3. The zero-order valence-corrected chi connectivity index (χ0v) is 10.0. The second kappa shape index (κ2) is 5.39. The van der Waals surface area contributed by atoms with Crippen molar-refractivity contribution in [3.8, 4) is 5.75 Å². The number of rotatable bonds is 4. The Morgan fingerprint density at radius 3 is 2.47 bits per heavy atom. The number of aryl methyl sites for hydroxylation is 1. The molecule has 0 unspecified atom stereocenters. The highest BCUT2D eigenvalue weighted by Crippen LogP contribution is 2.16. The quantitative estimate of drug-likeness (QED) is 0.812. The van der Waals surface area contributed by atoms with Gasteiger partial charge in [-0.2, -0.15) is 0 Å². The average Bonchev–Trinajstić information content (AvgIpc) is 2.38. The maximum absolute atomic E-state index is 5.73. The lowest BCUT2D eigenvalue weighted by molar-refractivity contribution is 0.306. The summed E-state index contributed by atoms with van der Waals surface area (Å²) in [5, 5.41) is 0. The molecule has 2 N–H and O–H groups in total. The predicted molar refractivity (Wildman–Crippen MR) is 71.0 cm³/mol. The van der Waals surface area contributed by atoms with Crippen LogP contribution in [0.15, 0.2) is 48.5 Å². The van der Waals surface area contributed by atoms with Gasteiger partial charge in [-0.05, 0) is 41.8 Å². The van der Waals surface area contributed by atoms with Gasteiger partial charge in [-0.15, -0.1) is 0 Å². The van der Waals surface area contributed by atoms with Gasteiger partial charge in [0.25, 0.3) is 0 Å². The maximum Gasteiger partial charge on any atom is 0.120 e. The molecule has 2 aromatic carbocycles. The minimum Gasteiger partial charge on any atom is -0.489 e. The van der Waals surface area contributed by atoms with Gasteiger partial charge in [-0.3, -0.25) is 0 Å². The normalized spacial score (nSPS) is 10.2. The first-order valence-corrected chi connectivity index (χ1v) is 5.84. The summed E-state index contributed by atoms with van der Waals surface area (Å²) in [6, 6.07) is 15.9. The topological polar surface area (TPSA) is 35.2 Å². The van der Waals surface area contributed by atoms with E-state index in [0.29, 0.717) is 6.61 Å². The lowest BCUT2D eigenvalue weighted by Gasteiger charge is -2.07. The minimum atomic E-state index is 0.577. The van der Waals surface area contributed by atoms with Gasteiger partial charge >= 0.3 is 0 Å². The van der Waals surface area contributed by atoms with E-state index in [1.54, 1.807) is 0 Å². The Kier molecular flexibility index (Phi) is 3.66. The molecule has 2 rings (SSSR count). The van der Waals surface area contributed by atoms with Crippen molar-refractivity contribution >= 4 is 5.69 Å². The van der Waals surface area contributed by atoms with Crippen molar-refractivity contribution in [1.29, 1.82) is 0 Å². The first kappa shape index (κ1) is 11.5. The Bertz CT molecular complexity index is 477. The predicted octanol–water partition coefficient (Wildman–Crippen LogP) is 3.41. The third-order valence-corrected chi connectivity index (χ3v) is 2.69. The zero-order chi connectivity index (χ0) is 12.1. The number of nitrogen functional groups attached to an aromatic ring is 1. The molecule has 0 aliphatic carbocycles. The van der Waals surface area contributed by atoms with Gasteiger partial charge < -0.3 is 10.5 Å². The van der Waals surface area contributed by atoms with Gasteiger partial charge in [0.1, 0.15) is 12.4 Å². The van der Waals surface area contributed by atoms with E-state index in [1.807, 2.05) is 36.4 Å². The fourth-order valence-corrected chi connectivity index (χ4v) is 1.64. The van der Waals surface area contributed by atoms with Gasteiger partial charge in [-0.25, -0.2) is 0 Å². The minimum absolute atomic E-state index is 0.577. The van der Waals surface area contributed by atoms with Crippen molar-refractivity contribution in [2.24, 2.45) is 0 Å². The highest BCUT2D eigenvalue weighted by molar-refractivity contribution is 5.39. The van der Waals surface area contributed by atoms with Crippen molar-refractivity contribution < 1.29 is 4.74 Å². The fourth-order valence-electron chi connectivity index (χ4n) is 1.64. The SMILES string of the molecule is CCc1cccc(OCc2ccc(N)cc2)c1. The molecule has 2 heteroatoms. The molecule has 2 aromatic rings. The largest absolute Gasteiger partial charge is 0.489 e. The third kappa shape index (κ3) is 3.25. The van der Waals surface area contributed by atoms with Crippen LogP contribution < -0.4 is 10.5 Å². The third-order valence-electron chi connectivity index (χ3n) is 2.69. The molecule has 0 atom stereocenters. The van der Waals surface area contributed by atoms with Crippen LogP contribution in [-0.2, 0) is 13.0 Å². The van der Waals surface area contributed by atoms with Gasteiger partial charge in [0.05, 0.1) is 0 Å². The summed E-state index contributed by atoms with van der Waals surface area (Å²) >= 11 is 0. The summed E-state index contributed by atoms with van der Waals surface area (Å²) in [5.74, 6) is 0.918. The number of anilines is 1. The van der Waals surface area contributed by atoms with Crippen LogP contribution in [0.5, 0.6) is 5.75 Å². The molecule has 0 fully saturated rings. The molecule has 0 aliphatic rings. The van der Waals surface area contributed by atoms with Crippen molar-refractivity contribution in [1.82, 2.24) is 0 Å². The summed E-state index contributed by atoms with van der Waals surface area (Å²) in [5.41, 5.74) is 8.83. The Hall–Kier alpha value is -1.96. The van der Waals surface area contributed by atoms with Crippen LogP contribution in [0.3, 0.4) is 0 Å². The number of ether oxygens (including phenoxy) is 1. The number of nitrogens with two attached hydrogens (primary N) is 1. The van der Waals surface area contributed by atoms with E-state index < -0.39 is 0 Å². The monoisotopic (exact) mass is 227 g/mol. The first-order valence-electron chi connectivity index (χ1n) is 5.84. The van der Waals surface area contributed by atoms with Crippen LogP contribution in [0.25, 0.3) is 0 Å². The molecule has 2 nitrogen and oxygen atoms in total. The van der Waals surface area contributed by atoms with Gasteiger partial charge in [-0.1, -0.05) is 31.2 Å². The summed E-state index contributed by atoms with van der Waals surface area (Å²) in [6.45, 7) is 2.71. The molecular formula is C15H17NO. The second-order valence-electron chi connectivity index (χ2n) is 4.03. The molecule has 0 saturated heterocycles. The van der Waals surface area contributed by atoms with E-state index in [2.05, 4.69) is 19.1 Å². The van der Waals surface area contributed by atoms with Gasteiger partial charge in [0.15, 0.2) is 0 Å². The van der Waals surface area contributed by atoms with Crippen LogP contribution in [0.2, 0.25) is 0 Å². The summed E-state index contributed by atoms with van der Waals surface area (Å²) < 4.78 is 5.73. The van der Waals surface area contributed by atoms with Gasteiger partial charge in [0, 0.05) is 5.69 Å². The Morgan fingerprint density at radius 2 is 1.76 bits per heavy atom. The molecular weight excluding hydrogens is 210 g/mol. The molecule has 0 aromatic heterocycles. The van der Waals surface area contributed by atoms with Crippen molar-refractivity contribution in [2.45, 2.75) is 20.0 Å². The van der Waals surface area contributed by atoms with Gasteiger partial charge in [0.2, 0.25) is 0 Å². The lowest BCUT2D eigenvalue weighted by atomic mass is 10.1. The van der Waals surface area contributed by atoms with E-state index in [4.69, 9.17) is 10.5 Å². The highest BCUT2D eigenvalue weighted by atomic mass is 16.5. The molecule has 0 bridgehead atoms. The number of benzene rings is 2. The van der Waals surface area contributed by atoms with Crippen molar-refractivity contribution in [3.05, 3.63) is 59.7 Å². The van der Waals surface area contributed by atoms with Crippen LogP contribution in [-0.4, -0.2) is 0 Å². The molecule has 0 radical (unpaired) electrons. The van der Waals surface area contributed by atoms with E-state index in [0.717, 1.165) is 23.4 Å². The highest BCUT2D eigenvalue weighted by Gasteiger charge is 1.97. The van der Waals surface area contributed by atoms with Crippen LogP contribution in [0.4, 0.5) is 5.69 Å². The fraction of sp³-hybridized carbons (Fsp3) is 0.200. The van der Waals surface area contributed by atoms with E-state index in [-0.39, 0.29) is 0 Å². The van der Waals surface area contributed by atoms with Crippen LogP contribution >= 0.6 is 0 Å². The Labute approximate surface area is 102 Å². The second-order valence-corrected chi connectivity index (χ2v) is 4.03. The number of hydrogen-bond acceptors (Lipinski definition) is 2. The molecule has 0 heterocycles. The van der Waals surface area contributed by atoms with E-state index in [1.165, 1.54) is 5.56 Å². The average molecular weight is 227 g/mol. The Balaban J connectivity index is 1.99. The lowest BCUT2D eigenvalue weighted by Crippen LogP contribution is -1.96. The van der Waals surface area contributed by atoms with E-state index in [9.17, 15) is 0 Å². The van der Waals surface area contributed by atoms with Crippen molar-refractivity contribution in [3.63, 3.8) is 0 Å². The van der Waals surface area contributed by atoms with Crippen LogP contribution in [0.1, 0.15) is 18.1 Å². The first-order chi connectivity index (χ1) is 8.28. The number of hydrogen-bond donors (Lipinski definition) is 1. The molecule has 17 heavy (non-hydrogen) atoms. The molecule has 0 aliphatic heterocycles. The molecule has 88 valence electrons. The van der Waals surface area contributed by atoms with E-state index >= 15 is 0 Å². The summed E-state index contributed by atoms with van der Waals surface area (Å²) in [6.07, 6.45) is 1.03. The molecule has 0 amide bonds. The van der Waals surface area contributed by atoms with Crippen molar-refractivity contribution in [2.75, 3.05) is 5.73 Å². The summed E-state index contributed by atoms with van der Waals surface area (Å²) in [4.78, 5) is 0. The summed E-state index contributed by atoms with van der Waals surface area (Å²) in [7, 11) is 0. The Morgan fingerprint density at radius 1 is 1.00 bits per heavy atom. The molecule has 0 spiro atoms. The van der Waals surface area contributed by atoms with Crippen LogP contribution in [0, 0.1) is 0 Å². The smallest absolute Gasteiger partial charge is 0.120 e. The zero-order valence-electron chi connectivity index (χ0n) is 10.0. The maximum atomic E-state index is 5.73.